The van der Waals surface area contributed by atoms with Crippen LogP contribution in [0.5, 0.6) is 0 Å². The van der Waals surface area contributed by atoms with Crippen molar-refractivity contribution in [3.8, 4) is 0 Å². The van der Waals surface area contributed by atoms with E-state index in [4.69, 9.17) is 11.6 Å². The van der Waals surface area contributed by atoms with Crippen molar-refractivity contribution >= 4 is 17.5 Å². The summed E-state index contributed by atoms with van der Waals surface area (Å²) in [6.45, 7) is 7.16. The van der Waals surface area contributed by atoms with Gasteiger partial charge in [-0.1, -0.05) is 50.6 Å². The second-order valence-electron chi connectivity index (χ2n) is 7.49. The van der Waals surface area contributed by atoms with E-state index >= 15 is 0 Å². The van der Waals surface area contributed by atoms with Crippen LogP contribution in [0.25, 0.3) is 0 Å². The van der Waals surface area contributed by atoms with Crippen LogP contribution in [0, 0.1) is 0 Å². The van der Waals surface area contributed by atoms with Crippen LogP contribution >= 0.6 is 11.6 Å². The van der Waals surface area contributed by atoms with Crippen molar-refractivity contribution in [2.24, 2.45) is 0 Å². The average molecular weight is 360 g/mol. The number of H-pyrrole nitrogens is 1. The van der Waals surface area contributed by atoms with E-state index in [0.29, 0.717) is 18.8 Å². The molecule has 0 aliphatic carbocycles. The molecular formula is C19H22ClN3O2. The van der Waals surface area contributed by atoms with Crippen LogP contribution in [0.1, 0.15) is 54.9 Å². The van der Waals surface area contributed by atoms with Gasteiger partial charge in [0.2, 0.25) is 0 Å². The minimum atomic E-state index is -0.488. The average Bonchev–Trinajstić information content (AvgIpc) is 3.03. The predicted octanol–water partition coefficient (Wildman–Crippen LogP) is 3.35. The number of aromatic nitrogens is 2. The highest BCUT2D eigenvalue weighted by molar-refractivity contribution is 6.31. The van der Waals surface area contributed by atoms with Crippen LogP contribution in [-0.2, 0) is 5.41 Å². The first kappa shape index (κ1) is 17.7. The molecule has 1 fully saturated rings. The standard InChI is InChI=1S/C19H22ClN3O2/c1-19(2,3)16-10-15(21-18(25)22-16)17(24)23-9-8-12(11-23)13-6-4-5-7-14(13)20/h4-7,10,12H,8-9,11H2,1-3H3,(H,21,22,25)/t12-/m1/s1. The van der Waals surface area contributed by atoms with Crippen LogP contribution in [0.3, 0.4) is 0 Å². The molecule has 3 rings (SSSR count). The lowest BCUT2D eigenvalue weighted by atomic mass is 9.91. The molecular weight excluding hydrogens is 338 g/mol. The Morgan fingerprint density at radius 2 is 2.04 bits per heavy atom. The van der Waals surface area contributed by atoms with Crippen molar-refractivity contribution in [2.45, 2.75) is 38.5 Å². The first-order valence-corrected chi connectivity index (χ1v) is 8.79. The predicted molar refractivity (Wildman–Crippen MR) is 98.3 cm³/mol. The Balaban J connectivity index is 1.82. The van der Waals surface area contributed by atoms with Crippen LogP contribution in [0.4, 0.5) is 0 Å². The second-order valence-corrected chi connectivity index (χ2v) is 7.90. The summed E-state index contributed by atoms with van der Waals surface area (Å²) in [7, 11) is 0. The molecule has 1 amide bonds. The third-order valence-electron chi connectivity index (χ3n) is 4.59. The molecule has 6 heteroatoms. The first-order valence-electron chi connectivity index (χ1n) is 8.41. The number of hydrogen-bond donors (Lipinski definition) is 1. The van der Waals surface area contributed by atoms with Gasteiger partial charge in [-0.25, -0.2) is 4.79 Å². The maximum absolute atomic E-state index is 12.8. The number of likely N-dealkylation sites (tertiary alicyclic amines) is 1. The van der Waals surface area contributed by atoms with Crippen molar-refractivity contribution in [3.05, 3.63) is 62.8 Å². The van der Waals surface area contributed by atoms with E-state index in [1.54, 1.807) is 11.0 Å². The number of amides is 1. The van der Waals surface area contributed by atoms with E-state index in [-0.39, 0.29) is 22.9 Å². The summed E-state index contributed by atoms with van der Waals surface area (Å²) < 4.78 is 0. The Morgan fingerprint density at radius 1 is 1.32 bits per heavy atom. The largest absolute Gasteiger partial charge is 0.345 e. The second kappa shape index (κ2) is 6.64. The lowest BCUT2D eigenvalue weighted by Crippen LogP contribution is -2.32. The maximum Gasteiger partial charge on any atom is 0.345 e. The molecule has 0 saturated carbocycles. The molecule has 0 radical (unpaired) electrons. The van der Waals surface area contributed by atoms with Gasteiger partial charge in [-0.05, 0) is 24.1 Å². The molecule has 25 heavy (non-hydrogen) atoms. The highest BCUT2D eigenvalue weighted by Crippen LogP contribution is 2.32. The molecule has 5 nitrogen and oxygen atoms in total. The van der Waals surface area contributed by atoms with Gasteiger partial charge >= 0.3 is 5.69 Å². The first-order chi connectivity index (χ1) is 11.8. The molecule has 0 bridgehead atoms. The minimum absolute atomic E-state index is 0.202. The van der Waals surface area contributed by atoms with E-state index in [0.717, 1.165) is 17.0 Å². The number of carbonyl (C=O) groups excluding carboxylic acids is 1. The lowest BCUT2D eigenvalue weighted by molar-refractivity contribution is 0.0784. The van der Waals surface area contributed by atoms with Crippen molar-refractivity contribution in [1.82, 2.24) is 14.9 Å². The number of aromatic amines is 1. The fourth-order valence-electron chi connectivity index (χ4n) is 3.14. The molecule has 1 N–H and O–H groups in total. The molecule has 2 aromatic rings. The molecule has 0 spiro atoms. The van der Waals surface area contributed by atoms with E-state index in [2.05, 4.69) is 9.97 Å². The number of hydrogen-bond acceptors (Lipinski definition) is 3. The fourth-order valence-corrected chi connectivity index (χ4v) is 3.43. The normalized spacial score (nSPS) is 17.8. The van der Waals surface area contributed by atoms with E-state index < -0.39 is 5.69 Å². The number of nitrogens with zero attached hydrogens (tertiary/aromatic N) is 2. The van der Waals surface area contributed by atoms with Gasteiger partial charge in [-0.3, -0.25) is 4.79 Å². The highest BCUT2D eigenvalue weighted by atomic mass is 35.5. The zero-order valence-electron chi connectivity index (χ0n) is 14.7. The third kappa shape index (κ3) is 3.76. The number of nitrogens with one attached hydrogen (secondary N) is 1. The molecule has 132 valence electrons. The molecule has 1 aliphatic heterocycles. The fraction of sp³-hybridized carbons (Fsp3) is 0.421. The van der Waals surface area contributed by atoms with Crippen LogP contribution in [0.15, 0.2) is 35.1 Å². The summed E-state index contributed by atoms with van der Waals surface area (Å²) in [5.74, 6) is 0.00730. The molecule has 1 aromatic heterocycles. The summed E-state index contributed by atoms with van der Waals surface area (Å²) in [6.07, 6.45) is 0.852. The van der Waals surface area contributed by atoms with Gasteiger partial charge in [-0.2, -0.15) is 4.98 Å². The van der Waals surface area contributed by atoms with Crippen molar-refractivity contribution in [1.29, 1.82) is 0 Å². The van der Waals surface area contributed by atoms with E-state index in [1.165, 1.54) is 0 Å². The van der Waals surface area contributed by atoms with Gasteiger partial charge in [0.1, 0.15) is 5.69 Å². The molecule has 1 saturated heterocycles. The Kier molecular flexibility index (Phi) is 4.69. The number of halogens is 1. The van der Waals surface area contributed by atoms with Gasteiger partial charge in [0.15, 0.2) is 0 Å². The lowest BCUT2D eigenvalue weighted by Gasteiger charge is -2.20. The van der Waals surface area contributed by atoms with Crippen molar-refractivity contribution in [3.63, 3.8) is 0 Å². The number of benzene rings is 1. The zero-order chi connectivity index (χ0) is 18.2. The van der Waals surface area contributed by atoms with Gasteiger partial charge in [0.25, 0.3) is 5.91 Å². The number of rotatable bonds is 2. The summed E-state index contributed by atoms with van der Waals surface area (Å²) in [5, 5.41) is 0.728. The Labute approximate surface area is 152 Å². The molecule has 1 aromatic carbocycles. The van der Waals surface area contributed by atoms with Crippen molar-refractivity contribution in [2.75, 3.05) is 13.1 Å². The maximum atomic E-state index is 12.8. The molecule has 0 unspecified atom stereocenters. The Morgan fingerprint density at radius 3 is 2.72 bits per heavy atom. The van der Waals surface area contributed by atoms with Gasteiger partial charge in [0.05, 0.1) is 0 Å². The summed E-state index contributed by atoms with van der Waals surface area (Å²) in [5.41, 5.74) is 1.22. The molecule has 2 heterocycles. The van der Waals surface area contributed by atoms with Gasteiger partial charge in [-0.15, -0.1) is 0 Å². The van der Waals surface area contributed by atoms with E-state index in [9.17, 15) is 9.59 Å². The van der Waals surface area contributed by atoms with Crippen molar-refractivity contribution < 1.29 is 4.79 Å². The monoisotopic (exact) mass is 359 g/mol. The molecule has 1 atom stereocenters. The smallest absolute Gasteiger partial charge is 0.337 e. The summed E-state index contributed by atoms with van der Waals surface area (Å²) in [4.78, 5) is 33.0. The van der Waals surface area contributed by atoms with Crippen LogP contribution in [-0.4, -0.2) is 33.9 Å². The Hall–Kier alpha value is -2.14. The number of carbonyl (C=O) groups is 1. The van der Waals surface area contributed by atoms with Gasteiger partial charge < -0.3 is 9.88 Å². The summed E-state index contributed by atoms with van der Waals surface area (Å²) >= 11 is 6.28. The molecule has 1 aliphatic rings. The van der Waals surface area contributed by atoms with Crippen LogP contribution < -0.4 is 5.69 Å². The van der Waals surface area contributed by atoms with E-state index in [1.807, 2.05) is 45.0 Å². The SMILES string of the molecule is CC(C)(C)c1cc(C(=O)N2CC[C@@H](c3ccccc3Cl)C2)nc(=O)[nH]1. The van der Waals surface area contributed by atoms with Gasteiger partial charge in [0, 0.05) is 35.1 Å². The zero-order valence-corrected chi connectivity index (χ0v) is 15.4. The van der Waals surface area contributed by atoms with Crippen LogP contribution in [0.2, 0.25) is 5.02 Å². The Bertz CT molecular complexity index is 854. The minimum Gasteiger partial charge on any atom is -0.337 e. The highest BCUT2D eigenvalue weighted by Gasteiger charge is 2.30. The quantitative estimate of drug-likeness (QED) is 0.894. The summed E-state index contributed by atoms with van der Waals surface area (Å²) in [6, 6.07) is 9.42. The topological polar surface area (TPSA) is 66.1 Å². The third-order valence-corrected chi connectivity index (χ3v) is 4.94.